The van der Waals surface area contributed by atoms with E-state index in [0.29, 0.717) is 21.3 Å². The summed E-state index contributed by atoms with van der Waals surface area (Å²) in [4.78, 5) is 28.3. The van der Waals surface area contributed by atoms with Gasteiger partial charge in [-0.2, -0.15) is 0 Å². The standard InChI is InChI=1S/C23H17Cl2NO5S/c1-30-16-11-17(31-2)15(25)10-14(16)21(27)19-20(18-4-3-9-32-18)26(23(29)22(19)28)13-7-5-12(24)6-8-13/h3-11,20,27H,1-2H3/b21-19-. The van der Waals surface area contributed by atoms with Crippen LogP contribution in [0.3, 0.4) is 0 Å². The summed E-state index contributed by atoms with van der Waals surface area (Å²) in [6, 6.07) is 12.3. The summed E-state index contributed by atoms with van der Waals surface area (Å²) < 4.78 is 10.6. The molecule has 1 aromatic heterocycles. The highest BCUT2D eigenvalue weighted by molar-refractivity contribution is 7.10. The smallest absolute Gasteiger partial charge is 0.300 e. The van der Waals surface area contributed by atoms with Gasteiger partial charge in [-0.15, -0.1) is 11.3 Å². The van der Waals surface area contributed by atoms with Crippen molar-refractivity contribution in [1.82, 2.24) is 0 Å². The number of aliphatic hydroxyl groups is 1. The molecule has 1 aliphatic heterocycles. The summed E-state index contributed by atoms with van der Waals surface area (Å²) in [5, 5.41) is 13.8. The number of thiophene rings is 1. The van der Waals surface area contributed by atoms with Crippen LogP contribution in [0.25, 0.3) is 5.76 Å². The third-order valence-corrected chi connectivity index (χ3v) is 6.56. The van der Waals surface area contributed by atoms with Gasteiger partial charge in [0.25, 0.3) is 11.7 Å². The van der Waals surface area contributed by atoms with Crippen molar-refractivity contribution >= 4 is 57.7 Å². The van der Waals surface area contributed by atoms with Gasteiger partial charge in [0.05, 0.1) is 30.4 Å². The molecule has 0 spiro atoms. The number of aliphatic hydroxyl groups excluding tert-OH is 1. The number of Topliss-reactive ketones (excluding diaryl/α,β-unsaturated/α-hetero) is 1. The zero-order chi connectivity index (χ0) is 23.0. The number of carbonyl (C=O) groups excluding carboxylic acids is 2. The topological polar surface area (TPSA) is 76.1 Å². The lowest BCUT2D eigenvalue weighted by Crippen LogP contribution is -2.29. The van der Waals surface area contributed by atoms with E-state index in [1.807, 2.05) is 11.4 Å². The molecule has 0 bridgehead atoms. The number of amides is 1. The molecule has 1 N–H and O–H groups in total. The van der Waals surface area contributed by atoms with Crippen LogP contribution in [0.1, 0.15) is 16.5 Å². The van der Waals surface area contributed by atoms with Crippen molar-refractivity contribution in [2.45, 2.75) is 6.04 Å². The van der Waals surface area contributed by atoms with Gasteiger partial charge in [0, 0.05) is 21.7 Å². The van der Waals surface area contributed by atoms with Crippen LogP contribution in [0.15, 0.2) is 59.5 Å². The number of hydrogen-bond donors (Lipinski definition) is 1. The molecular formula is C23H17Cl2NO5S. The second kappa shape index (κ2) is 8.86. The van der Waals surface area contributed by atoms with Crippen LogP contribution in [-0.4, -0.2) is 31.0 Å². The minimum atomic E-state index is -0.832. The fraction of sp³-hybridized carbons (Fsp3) is 0.130. The molecule has 6 nitrogen and oxygen atoms in total. The molecule has 0 radical (unpaired) electrons. The number of ketones is 1. The van der Waals surface area contributed by atoms with Crippen molar-refractivity contribution in [2.75, 3.05) is 19.1 Å². The first-order valence-electron chi connectivity index (χ1n) is 9.39. The van der Waals surface area contributed by atoms with E-state index in [1.54, 1.807) is 30.3 Å². The number of benzene rings is 2. The number of halogens is 2. The Morgan fingerprint density at radius 2 is 1.72 bits per heavy atom. The number of anilines is 1. The monoisotopic (exact) mass is 489 g/mol. The molecular weight excluding hydrogens is 473 g/mol. The third-order valence-electron chi connectivity index (χ3n) is 5.09. The Balaban J connectivity index is 1.95. The van der Waals surface area contributed by atoms with E-state index in [1.165, 1.54) is 42.6 Å². The van der Waals surface area contributed by atoms with E-state index in [4.69, 9.17) is 32.7 Å². The van der Waals surface area contributed by atoms with Crippen molar-refractivity contribution in [3.05, 3.63) is 80.0 Å². The van der Waals surface area contributed by atoms with Crippen LogP contribution in [0.4, 0.5) is 5.69 Å². The van der Waals surface area contributed by atoms with E-state index in [9.17, 15) is 14.7 Å². The molecule has 1 atom stereocenters. The van der Waals surface area contributed by atoms with Gasteiger partial charge in [0.15, 0.2) is 0 Å². The molecule has 1 saturated heterocycles. The lowest BCUT2D eigenvalue weighted by molar-refractivity contribution is -0.132. The van der Waals surface area contributed by atoms with Gasteiger partial charge in [-0.1, -0.05) is 29.3 Å². The maximum Gasteiger partial charge on any atom is 0.300 e. The molecule has 1 amide bonds. The Kier molecular flexibility index (Phi) is 6.15. The Labute approximate surface area is 198 Å². The summed E-state index contributed by atoms with van der Waals surface area (Å²) in [6.45, 7) is 0. The van der Waals surface area contributed by atoms with Gasteiger partial charge in [0.1, 0.15) is 23.3 Å². The maximum absolute atomic E-state index is 13.2. The number of hydrogen-bond acceptors (Lipinski definition) is 6. The fourth-order valence-electron chi connectivity index (χ4n) is 3.61. The van der Waals surface area contributed by atoms with Gasteiger partial charge in [-0.25, -0.2) is 0 Å². The fourth-order valence-corrected chi connectivity index (χ4v) is 4.80. The molecule has 0 aliphatic carbocycles. The first kappa shape index (κ1) is 22.2. The SMILES string of the molecule is COc1cc(OC)c(/C(O)=C2/C(=O)C(=O)N(c3ccc(Cl)cc3)C2c2cccs2)cc1Cl. The average Bonchev–Trinajstić information content (AvgIpc) is 3.41. The number of rotatable bonds is 5. The molecule has 32 heavy (non-hydrogen) atoms. The molecule has 1 unspecified atom stereocenters. The zero-order valence-corrected chi connectivity index (χ0v) is 19.3. The summed E-state index contributed by atoms with van der Waals surface area (Å²) in [7, 11) is 2.87. The van der Waals surface area contributed by atoms with E-state index in [0.717, 1.165) is 0 Å². The van der Waals surface area contributed by atoms with E-state index in [2.05, 4.69) is 0 Å². The normalized spacial score (nSPS) is 17.6. The molecule has 0 saturated carbocycles. The Morgan fingerprint density at radius 3 is 2.31 bits per heavy atom. The number of carbonyl (C=O) groups is 2. The summed E-state index contributed by atoms with van der Waals surface area (Å²) in [6.07, 6.45) is 0. The predicted molar refractivity (Wildman–Crippen MR) is 125 cm³/mol. The van der Waals surface area contributed by atoms with Crippen LogP contribution in [-0.2, 0) is 9.59 Å². The lowest BCUT2D eigenvalue weighted by atomic mass is 9.99. The largest absolute Gasteiger partial charge is 0.507 e. The van der Waals surface area contributed by atoms with E-state index >= 15 is 0 Å². The minimum Gasteiger partial charge on any atom is -0.507 e. The summed E-state index contributed by atoms with van der Waals surface area (Å²) in [5.41, 5.74) is 0.592. The number of ether oxygens (including phenoxy) is 2. The quantitative estimate of drug-likeness (QED) is 0.282. The molecule has 1 fully saturated rings. The second-order valence-corrected chi connectivity index (χ2v) is 8.67. The van der Waals surface area contributed by atoms with Crippen LogP contribution in [0.5, 0.6) is 11.5 Å². The predicted octanol–water partition coefficient (Wildman–Crippen LogP) is 5.70. The molecule has 9 heteroatoms. The second-order valence-electron chi connectivity index (χ2n) is 6.85. The Hall–Kier alpha value is -3.00. The number of nitrogens with zero attached hydrogens (tertiary/aromatic N) is 1. The van der Waals surface area contributed by atoms with E-state index in [-0.39, 0.29) is 27.7 Å². The molecule has 1 aliphatic rings. The summed E-state index contributed by atoms with van der Waals surface area (Å²) in [5.74, 6) is -1.38. The first-order valence-corrected chi connectivity index (χ1v) is 11.0. The van der Waals surface area contributed by atoms with Gasteiger partial charge in [-0.05, 0) is 41.8 Å². The van der Waals surface area contributed by atoms with Gasteiger partial charge in [-0.3, -0.25) is 14.5 Å². The average molecular weight is 490 g/mol. The molecule has 3 aromatic rings. The lowest BCUT2D eigenvalue weighted by Gasteiger charge is -2.24. The van der Waals surface area contributed by atoms with Gasteiger partial charge < -0.3 is 14.6 Å². The van der Waals surface area contributed by atoms with Crippen molar-refractivity contribution in [3.63, 3.8) is 0 Å². The molecule has 2 aromatic carbocycles. The third kappa shape index (κ3) is 3.72. The van der Waals surface area contributed by atoms with Gasteiger partial charge in [0.2, 0.25) is 0 Å². The van der Waals surface area contributed by atoms with Crippen molar-refractivity contribution in [1.29, 1.82) is 0 Å². The maximum atomic E-state index is 13.2. The molecule has 164 valence electrons. The molecule has 4 rings (SSSR count). The van der Waals surface area contributed by atoms with Gasteiger partial charge >= 0.3 is 0 Å². The molecule has 2 heterocycles. The van der Waals surface area contributed by atoms with E-state index < -0.39 is 17.7 Å². The van der Waals surface area contributed by atoms with Crippen LogP contribution in [0.2, 0.25) is 10.0 Å². The summed E-state index contributed by atoms with van der Waals surface area (Å²) >= 11 is 13.6. The zero-order valence-electron chi connectivity index (χ0n) is 17.0. The van der Waals surface area contributed by atoms with Crippen molar-refractivity contribution in [2.24, 2.45) is 0 Å². The van der Waals surface area contributed by atoms with Crippen LogP contribution >= 0.6 is 34.5 Å². The highest BCUT2D eigenvalue weighted by Gasteiger charge is 2.47. The number of methoxy groups -OCH3 is 2. The van der Waals surface area contributed by atoms with Crippen molar-refractivity contribution in [3.8, 4) is 11.5 Å². The highest BCUT2D eigenvalue weighted by Crippen LogP contribution is 2.45. The Bertz CT molecular complexity index is 1220. The Morgan fingerprint density at radius 1 is 1.03 bits per heavy atom. The minimum absolute atomic E-state index is 0.0630. The van der Waals surface area contributed by atoms with Crippen LogP contribution < -0.4 is 14.4 Å². The highest BCUT2D eigenvalue weighted by atomic mass is 35.5. The van der Waals surface area contributed by atoms with Crippen LogP contribution in [0, 0.1) is 0 Å². The first-order chi connectivity index (χ1) is 15.4. The van der Waals surface area contributed by atoms with Crippen molar-refractivity contribution < 1.29 is 24.2 Å².